The van der Waals surface area contributed by atoms with Gasteiger partial charge in [0.1, 0.15) is 6.61 Å². The number of hydrogen-bond donors (Lipinski definition) is 0. The molecule has 43 heavy (non-hydrogen) atoms. The van der Waals surface area contributed by atoms with Crippen LogP contribution in [-0.4, -0.2) is 38.2 Å². The number of ether oxygens (including phenoxy) is 1. The zero-order chi connectivity index (χ0) is 31.5. The molecule has 0 radical (unpaired) electrons. The van der Waals surface area contributed by atoms with Crippen LogP contribution >= 0.6 is 0 Å². The minimum Gasteiger partial charge on any atom is -0.461 e. The van der Waals surface area contributed by atoms with Gasteiger partial charge in [-0.2, -0.15) is 0 Å². The van der Waals surface area contributed by atoms with E-state index in [-0.39, 0.29) is 41.3 Å². The monoisotopic (exact) mass is 608 g/mol. The molecule has 2 bridgehead atoms. The molecule has 0 N–H and O–H groups in total. The lowest BCUT2D eigenvalue weighted by Crippen LogP contribution is -2.40. The fourth-order valence-electron chi connectivity index (χ4n) is 5.87. The summed E-state index contributed by atoms with van der Waals surface area (Å²) < 4.78 is 11.6. The van der Waals surface area contributed by atoms with Crippen molar-refractivity contribution in [1.29, 1.82) is 0 Å². The average Bonchev–Trinajstić information content (AvgIpc) is 3.30. The maximum Gasteiger partial charge on any atom is 0.306 e. The molecule has 0 amide bonds. The Balaban J connectivity index is 1.40. The van der Waals surface area contributed by atoms with Crippen LogP contribution in [0, 0.1) is 23.7 Å². The first-order valence-electron chi connectivity index (χ1n) is 16.2. The maximum absolute atomic E-state index is 12.7. The lowest BCUT2D eigenvalue weighted by Gasteiger charge is -2.36. The Bertz CT molecular complexity index is 1150. The van der Waals surface area contributed by atoms with Gasteiger partial charge in [0, 0.05) is 24.9 Å². The third kappa shape index (κ3) is 10.2. The number of fused-ring (bicyclic) bond motifs is 2. The van der Waals surface area contributed by atoms with Gasteiger partial charge in [-0.3, -0.25) is 19.2 Å². The summed E-state index contributed by atoms with van der Waals surface area (Å²) in [4.78, 5) is 49.7. The number of carbonyl (C=O) groups excluding carboxylic acids is 4. The SMILES string of the molecule is CC(C)(C)[Si](C)(C)OCCCCCCC=CC1C(C/C=C\CCCC(=O)OCc2ccccc2)[C@H]2C[C@H]1C(=O)C(=O)C2=O. The Hall–Kier alpha value is -2.64. The summed E-state index contributed by atoms with van der Waals surface area (Å²) in [5.74, 6) is -2.89. The van der Waals surface area contributed by atoms with E-state index in [1.807, 2.05) is 36.4 Å². The number of carbonyl (C=O) groups is 4. The topological polar surface area (TPSA) is 86.7 Å². The van der Waals surface area contributed by atoms with Crippen LogP contribution in [0.3, 0.4) is 0 Å². The summed E-state index contributed by atoms with van der Waals surface area (Å²) in [6, 6.07) is 9.62. The molecule has 1 aromatic rings. The van der Waals surface area contributed by atoms with E-state index in [4.69, 9.17) is 9.16 Å². The highest BCUT2D eigenvalue weighted by Crippen LogP contribution is 2.48. The van der Waals surface area contributed by atoms with Crippen LogP contribution in [0.2, 0.25) is 18.1 Å². The Kier molecular flexibility index (Phi) is 13.3. The quantitative estimate of drug-likeness (QED) is 0.0586. The molecule has 2 fully saturated rings. The van der Waals surface area contributed by atoms with Gasteiger partial charge in [-0.25, -0.2) is 0 Å². The van der Waals surface area contributed by atoms with Gasteiger partial charge < -0.3 is 9.16 Å². The maximum atomic E-state index is 12.7. The van der Waals surface area contributed by atoms with Crippen molar-refractivity contribution < 1.29 is 28.3 Å². The summed E-state index contributed by atoms with van der Waals surface area (Å²) in [6.45, 7) is 12.5. The molecular formula is C36H52O6Si. The number of Topliss-reactive ketones (excluding diaryl/α,β-unsaturated/α-hetero) is 3. The van der Waals surface area contributed by atoms with Gasteiger partial charge in [0.2, 0.25) is 11.6 Å². The van der Waals surface area contributed by atoms with Crippen LogP contribution < -0.4 is 0 Å². The van der Waals surface area contributed by atoms with Gasteiger partial charge in [0.15, 0.2) is 8.32 Å². The smallest absolute Gasteiger partial charge is 0.306 e. The van der Waals surface area contributed by atoms with Crippen molar-refractivity contribution in [3.8, 4) is 0 Å². The van der Waals surface area contributed by atoms with Gasteiger partial charge in [-0.1, -0.05) is 88.2 Å². The van der Waals surface area contributed by atoms with E-state index in [1.165, 1.54) is 0 Å². The van der Waals surface area contributed by atoms with Crippen LogP contribution in [0.15, 0.2) is 54.6 Å². The highest BCUT2D eigenvalue weighted by molar-refractivity contribution is 6.74. The number of rotatable bonds is 17. The number of allylic oxidation sites excluding steroid dienone is 4. The molecule has 7 heteroatoms. The minimum atomic E-state index is -1.68. The zero-order valence-electron chi connectivity index (χ0n) is 26.9. The summed E-state index contributed by atoms with van der Waals surface area (Å²) >= 11 is 0. The lowest BCUT2D eigenvalue weighted by atomic mass is 9.83. The zero-order valence-corrected chi connectivity index (χ0v) is 27.9. The van der Waals surface area contributed by atoms with Crippen LogP contribution in [0.1, 0.15) is 90.5 Å². The van der Waals surface area contributed by atoms with Crippen molar-refractivity contribution in [3.63, 3.8) is 0 Å². The molecule has 0 aromatic heterocycles. The molecule has 2 aliphatic rings. The van der Waals surface area contributed by atoms with Crippen molar-refractivity contribution in [3.05, 3.63) is 60.2 Å². The molecule has 2 aliphatic carbocycles. The molecule has 1 aromatic carbocycles. The third-order valence-electron chi connectivity index (χ3n) is 9.57. The highest BCUT2D eigenvalue weighted by Gasteiger charge is 2.55. The van der Waals surface area contributed by atoms with Gasteiger partial charge >= 0.3 is 5.97 Å². The Morgan fingerprint density at radius 1 is 0.884 bits per heavy atom. The molecule has 4 atom stereocenters. The summed E-state index contributed by atoms with van der Waals surface area (Å²) in [5.41, 5.74) is 0.968. The van der Waals surface area contributed by atoms with E-state index in [2.05, 4.69) is 52.1 Å². The second-order valence-corrected chi connectivity index (χ2v) is 18.5. The van der Waals surface area contributed by atoms with E-state index in [9.17, 15) is 19.2 Å². The summed E-state index contributed by atoms with van der Waals surface area (Å²) in [7, 11) is -1.68. The fraction of sp³-hybridized carbons (Fsp3) is 0.611. The van der Waals surface area contributed by atoms with E-state index >= 15 is 0 Å². The molecular weight excluding hydrogens is 556 g/mol. The highest BCUT2D eigenvalue weighted by atomic mass is 28.4. The Morgan fingerprint density at radius 2 is 1.56 bits per heavy atom. The summed E-state index contributed by atoms with van der Waals surface area (Å²) in [6.07, 6.45) is 16.6. The predicted octanol–water partition coefficient (Wildman–Crippen LogP) is 7.96. The first-order valence-corrected chi connectivity index (χ1v) is 19.1. The third-order valence-corrected chi connectivity index (χ3v) is 14.1. The van der Waals surface area contributed by atoms with E-state index in [1.54, 1.807) is 0 Å². The molecule has 0 saturated heterocycles. The summed E-state index contributed by atoms with van der Waals surface area (Å²) in [5, 5.41) is 0.235. The molecule has 6 nitrogen and oxygen atoms in total. The van der Waals surface area contributed by atoms with Gasteiger partial charge in [0.25, 0.3) is 5.78 Å². The number of ketones is 3. The van der Waals surface area contributed by atoms with Crippen molar-refractivity contribution in [2.24, 2.45) is 23.7 Å². The normalized spacial score (nSPS) is 22.7. The van der Waals surface area contributed by atoms with Crippen molar-refractivity contribution in [2.75, 3.05) is 6.61 Å². The van der Waals surface area contributed by atoms with Crippen LogP contribution in [0.5, 0.6) is 0 Å². The van der Waals surface area contributed by atoms with Gasteiger partial charge in [-0.05, 0) is 80.5 Å². The molecule has 0 aliphatic heterocycles. The minimum absolute atomic E-state index is 0.0382. The predicted molar refractivity (Wildman–Crippen MR) is 173 cm³/mol. The number of hydrogen-bond acceptors (Lipinski definition) is 6. The largest absolute Gasteiger partial charge is 0.461 e. The van der Waals surface area contributed by atoms with Crippen molar-refractivity contribution in [1.82, 2.24) is 0 Å². The van der Waals surface area contributed by atoms with Crippen LogP contribution in [0.25, 0.3) is 0 Å². The first kappa shape index (κ1) is 34.8. The van der Waals surface area contributed by atoms with E-state index < -0.39 is 25.7 Å². The number of benzene rings is 1. The first-order chi connectivity index (χ1) is 20.4. The standard InChI is InChI=1S/C36H52O6Si/c1-36(2,3)43(4,5)42-24-18-11-7-6-8-15-21-28-29(31-25-30(28)33(38)35(40)34(31)39)22-16-9-10-17-23-32(37)41-26-27-19-13-12-14-20-27/h9,12-16,19-21,28-31H,6-8,10-11,17-18,22-26H2,1-5H3/b16-9-,21-15?/t28?,29?,30-,31-/m1/s1. The van der Waals surface area contributed by atoms with Gasteiger partial charge in [-0.15, -0.1) is 0 Å². The molecule has 2 saturated carbocycles. The van der Waals surface area contributed by atoms with E-state index in [0.717, 1.165) is 50.7 Å². The second-order valence-electron chi connectivity index (χ2n) is 13.7. The number of unbranched alkanes of at least 4 members (excludes halogenated alkanes) is 5. The number of esters is 1. The molecule has 236 valence electrons. The Morgan fingerprint density at radius 3 is 2.28 bits per heavy atom. The fourth-order valence-corrected chi connectivity index (χ4v) is 6.96. The Labute approximate surface area is 259 Å². The molecule has 0 heterocycles. The lowest BCUT2D eigenvalue weighted by molar-refractivity contribution is -0.149. The second kappa shape index (κ2) is 16.4. The molecule has 3 rings (SSSR count). The molecule has 0 spiro atoms. The van der Waals surface area contributed by atoms with Crippen molar-refractivity contribution >= 4 is 31.6 Å². The average molecular weight is 609 g/mol. The van der Waals surface area contributed by atoms with Crippen LogP contribution in [0.4, 0.5) is 0 Å². The van der Waals surface area contributed by atoms with Gasteiger partial charge in [0.05, 0.1) is 0 Å². The van der Waals surface area contributed by atoms with Crippen LogP contribution in [-0.2, 0) is 34.9 Å². The van der Waals surface area contributed by atoms with Crippen molar-refractivity contribution in [2.45, 2.75) is 110 Å². The molecule has 2 unspecified atom stereocenters. The van der Waals surface area contributed by atoms with E-state index in [0.29, 0.717) is 25.7 Å².